The van der Waals surface area contributed by atoms with Crippen LogP contribution in [0.4, 0.5) is 11.4 Å². The highest BCUT2D eigenvalue weighted by Gasteiger charge is 2.01. The van der Waals surface area contributed by atoms with Gasteiger partial charge in [-0.1, -0.05) is 0 Å². The van der Waals surface area contributed by atoms with E-state index in [0.717, 1.165) is 16.4 Å². The Kier molecular flexibility index (Phi) is 3.26. The summed E-state index contributed by atoms with van der Waals surface area (Å²) in [6.07, 6.45) is 0. The van der Waals surface area contributed by atoms with Crippen molar-refractivity contribution >= 4 is 22.7 Å². The maximum Gasteiger partial charge on any atom is 0.112 e. The Morgan fingerprint density at radius 1 is 1.53 bits per heavy atom. The van der Waals surface area contributed by atoms with Crippen LogP contribution in [0.25, 0.3) is 0 Å². The topological polar surface area (TPSA) is 74.7 Å². The van der Waals surface area contributed by atoms with Gasteiger partial charge < -0.3 is 11.1 Å². The van der Waals surface area contributed by atoms with E-state index < -0.39 is 0 Å². The molecule has 0 aliphatic carbocycles. The number of nitrogens with two attached hydrogens (primary N) is 1. The van der Waals surface area contributed by atoms with Gasteiger partial charge >= 0.3 is 0 Å². The molecular weight excluding hydrogens is 232 g/mol. The van der Waals surface area contributed by atoms with E-state index in [1.807, 2.05) is 24.4 Å². The summed E-state index contributed by atoms with van der Waals surface area (Å²) in [7, 11) is 0. The number of anilines is 2. The Bertz CT molecular complexity index is 568. The number of nitrogens with zero attached hydrogens (tertiary/aromatic N) is 2. The fraction of sp³-hybridized carbons (Fsp3) is 0.167. The number of rotatable bonds is 3. The van der Waals surface area contributed by atoms with Gasteiger partial charge in [0.1, 0.15) is 11.1 Å². The number of hydrogen-bond acceptors (Lipinski definition) is 5. The summed E-state index contributed by atoms with van der Waals surface area (Å²) in [5.41, 5.74) is 8.65. The van der Waals surface area contributed by atoms with Crippen LogP contribution in [0, 0.1) is 18.3 Å². The van der Waals surface area contributed by atoms with Gasteiger partial charge in [-0.3, -0.25) is 0 Å². The number of aromatic nitrogens is 1. The molecule has 0 fully saturated rings. The predicted molar refractivity (Wildman–Crippen MR) is 69.7 cm³/mol. The average Bonchev–Trinajstić information content (AvgIpc) is 2.73. The molecule has 1 heterocycles. The number of hydrogen-bond donors (Lipinski definition) is 2. The fourth-order valence-corrected chi connectivity index (χ4v) is 2.15. The summed E-state index contributed by atoms with van der Waals surface area (Å²) in [5, 5.41) is 15.0. The highest BCUT2D eigenvalue weighted by molar-refractivity contribution is 7.09. The van der Waals surface area contributed by atoms with Crippen molar-refractivity contribution in [2.24, 2.45) is 0 Å². The van der Waals surface area contributed by atoms with E-state index in [-0.39, 0.29) is 0 Å². The number of aryl methyl sites for hydroxylation is 1. The first kappa shape index (κ1) is 11.4. The first-order valence-corrected chi connectivity index (χ1v) is 6.01. The lowest BCUT2D eigenvalue weighted by Gasteiger charge is -2.05. The van der Waals surface area contributed by atoms with Gasteiger partial charge in [0.25, 0.3) is 0 Å². The average molecular weight is 244 g/mol. The molecule has 0 aliphatic heterocycles. The van der Waals surface area contributed by atoms with Crippen molar-refractivity contribution in [1.82, 2.24) is 4.98 Å². The van der Waals surface area contributed by atoms with Gasteiger partial charge in [-0.15, -0.1) is 11.3 Å². The normalized spacial score (nSPS) is 9.88. The number of nitrogen functional groups attached to an aromatic ring is 1. The van der Waals surface area contributed by atoms with Crippen LogP contribution in [0.2, 0.25) is 0 Å². The van der Waals surface area contributed by atoms with Crippen LogP contribution in [0.15, 0.2) is 23.6 Å². The van der Waals surface area contributed by atoms with E-state index in [4.69, 9.17) is 11.0 Å². The molecule has 0 radical (unpaired) electrons. The Hall–Kier alpha value is -2.06. The monoisotopic (exact) mass is 244 g/mol. The van der Waals surface area contributed by atoms with Crippen molar-refractivity contribution in [2.45, 2.75) is 13.5 Å². The molecule has 17 heavy (non-hydrogen) atoms. The molecule has 2 rings (SSSR count). The second kappa shape index (κ2) is 4.85. The molecule has 0 saturated carbocycles. The molecular formula is C12H12N4S. The third kappa shape index (κ3) is 2.74. The number of nitrogens with one attached hydrogen (secondary N) is 1. The molecule has 1 aromatic heterocycles. The quantitative estimate of drug-likeness (QED) is 0.813. The molecule has 0 bridgehead atoms. The van der Waals surface area contributed by atoms with Crippen LogP contribution in [-0.4, -0.2) is 4.98 Å². The molecule has 0 aliphatic rings. The molecule has 4 nitrogen and oxygen atoms in total. The van der Waals surface area contributed by atoms with Crippen LogP contribution >= 0.6 is 11.3 Å². The van der Waals surface area contributed by atoms with Gasteiger partial charge in [-0.25, -0.2) is 4.98 Å². The van der Waals surface area contributed by atoms with Crippen LogP contribution in [-0.2, 0) is 6.54 Å². The van der Waals surface area contributed by atoms with E-state index in [2.05, 4.69) is 10.3 Å². The third-order valence-corrected chi connectivity index (χ3v) is 3.25. The first-order chi connectivity index (χ1) is 8.19. The number of benzene rings is 1. The third-order valence-electron chi connectivity index (χ3n) is 2.28. The van der Waals surface area contributed by atoms with Crippen molar-refractivity contribution in [2.75, 3.05) is 11.1 Å². The van der Waals surface area contributed by atoms with Gasteiger partial charge in [-0.2, -0.15) is 5.26 Å². The molecule has 3 N–H and O–H groups in total. The largest absolute Gasteiger partial charge is 0.398 e. The SMILES string of the molecule is Cc1csc(CNc2ccc(C#N)c(N)c2)n1. The van der Waals surface area contributed by atoms with Gasteiger partial charge in [0.2, 0.25) is 0 Å². The Balaban J connectivity index is 2.05. The van der Waals surface area contributed by atoms with Gasteiger partial charge in [0.15, 0.2) is 0 Å². The first-order valence-electron chi connectivity index (χ1n) is 5.13. The second-order valence-electron chi connectivity index (χ2n) is 3.65. The zero-order chi connectivity index (χ0) is 12.3. The molecule has 0 atom stereocenters. The lowest BCUT2D eigenvalue weighted by Crippen LogP contribution is -2.00. The second-order valence-corrected chi connectivity index (χ2v) is 4.59. The van der Waals surface area contributed by atoms with Crippen LogP contribution in [0.3, 0.4) is 0 Å². The molecule has 0 unspecified atom stereocenters. The highest BCUT2D eigenvalue weighted by atomic mass is 32.1. The van der Waals surface area contributed by atoms with Crippen molar-refractivity contribution in [1.29, 1.82) is 5.26 Å². The maximum atomic E-state index is 8.76. The lowest BCUT2D eigenvalue weighted by molar-refractivity contribution is 1.08. The van der Waals surface area contributed by atoms with Crippen molar-refractivity contribution < 1.29 is 0 Å². The summed E-state index contributed by atoms with van der Waals surface area (Å²) in [4.78, 5) is 4.35. The van der Waals surface area contributed by atoms with E-state index in [9.17, 15) is 0 Å². The summed E-state index contributed by atoms with van der Waals surface area (Å²) in [5.74, 6) is 0. The summed E-state index contributed by atoms with van der Waals surface area (Å²) < 4.78 is 0. The van der Waals surface area contributed by atoms with Crippen LogP contribution in [0.5, 0.6) is 0 Å². The minimum Gasteiger partial charge on any atom is -0.398 e. The zero-order valence-electron chi connectivity index (χ0n) is 9.40. The van der Waals surface area contributed by atoms with E-state index >= 15 is 0 Å². The van der Waals surface area contributed by atoms with Gasteiger partial charge in [-0.05, 0) is 25.1 Å². The van der Waals surface area contributed by atoms with Crippen molar-refractivity contribution in [3.05, 3.63) is 39.8 Å². The standard InChI is InChI=1S/C12H12N4S/c1-8-7-17-12(16-8)6-15-10-3-2-9(5-13)11(14)4-10/h2-4,7,15H,6,14H2,1H3. The van der Waals surface area contributed by atoms with Gasteiger partial charge in [0.05, 0.1) is 17.8 Å². The van der Waals surface area contributed by atoms with Crippen LogP contribution in [0.1, 0.15) is 16.3 Å². The van der Waals surface area contributed by atoms with Crippen LogP contribution < -0.4 is 11.1 Å². The molecule has 86 valence electrons. The Morgan fingerprint density at radius 2 is 2.35 bits per heavy atom. The fourth-order valence-electron chi connectivity index (χ4n) is 1.44. The minimum absolute atomic E-state index is 0.493. The molecule has 1 aromatic carbocycles. The zero-order valence-corrected chi connectivity index (χ0v) is 10.2. The summed E-state index contributed by atoms with van der Waals surface area (Å²) in [6.45, 7) is 2.64. The Morgan fingerprint density at radius 3 is 2.94 bits per heavy atom. The molecule has 0 spiro atoms. The van der Waals surface area contributed by atoms with E-state index in [1.165, 1.54) is 0 Å². The predicted octanol–water partition coefficient (Wildman–Crippen LogP) is 2.52. The highest BCUT2D eigenvalue weighted by Crippen LogP contribution is 2.18. The Labute approximate surface area is 104 Å². The van der Waals surface area contributed by atoms with Crippen molar-refractivity contribution in [3.63, 3.8) is 0 Å². The lowest BCUT2D eigenvalue weighted by atomic mass is 10.2. The smallest absolute Gasteiger partial charge is 0.112 e. The van der Waals surface area contributed by atoms with Gasteiger partial charge in [0, 0.05) is 16.8 Å². The number of nitriles is 1. The summed E-state index contributed by atoms with van der Waals surface area (Å²) >= 11 is 1.62. The molecule has 5 heteroatoms. The summed E-state index contributed by atoms with van der Waals surface area (Å²) in [6, 6.07) is 7.36. The minimum atomic E-state index is 0.493. The van der Waals surface area contributed by atoms with Crippen molar-refractivity contribution in [3.8, 4) is 6.07 Å². The number of thiazole rings is 1. The van der Waals surface area contributed by atoms with E-state index in [0.29, 0.717) is 17.8 Å². The molecule has 0 amide bonds. The molecule has 0 saturated heterocycles. The van der Waals surface area contributed by atoms with E-state index in [1.54, 1.807) is 23.5 Å². The molecule has 2 aromatic rings. The maximum absolute atomic E-state index is 8.76.